The van der Waals surface area contributed by atoms with Gasteiger partial charge in [-0.15, -0.1) is 0 Å². The van der Waals surface area contributed by atoms with Crippen LogP contribution in [0.2, 0.25) is 0 Å². The van der Waals surface area contributed by atoms with Crippen molar-refractivity contribution in [1.82, 2.24) is 14.5 Å². The van der Waals surface area contributed by atoms with Crippen molar-refractivity contribution in [2.24, 2.45) is 0 Å². The van der Waals surface area contributed by atoms with Crippen LogP contribution in [0.1, 0.15) is 33.5 Å². The maximum atomic E-state index is 13.9. The number of ether oxygens (including phenoxy) is 1. The van der Waals surface area contributed by atoms with E-state index in [1.807, 2.05) is 54.1 Å². The van der Waals surface area contributed by atoms with Crippen LogP contribution in [0.4, 0.5) is 8.78 Å². The maximum Gasteiger partial charge on any atom is 0.338 e. The van der Waals surface area contributed by atoms with E-state index in [9.17, 15) is 13.6 Å². The second-order valence-electron chi connectivity index (χ2n) is 8.83. The molecule has 5 nitrogen and oxygen atoms in total. The summed E-state index contributed by atoms with van der Waals surface area (Å²) in [6.07, 6.45) is 6.25. The smallest absolute Gasteiger partial charge is 0.338 e. The summed E-state index contributed by atoms with van der Waals surface area (Å²) in [4.78, 5) is 18.7. The molecule has 0 aliphatic rings. The predicted molar refractivity (Wildman–Crippen MR) is 135 cm³/mol. The van der Waals surface area contributed by atoms with E-state index in [0.29, 0.717) is 30.8 Å². The largest absolute Gasteiger partial charge is 0.465 e. The molecule has 7 heteroatoms. The number of hydrogen-bond donors (Lipinski definition) is 0. The summed E-state index contributed by atoms with van der Waals surface area (Å²) in [7, 11) is 1.37. The molecule has 0 saturated carbocycles. The fourth-order valence-electron chi connectivity index (χ4n) is 4.40. The molecule has 0 atom stereocenters. The van der Waals surface area contributed by atoms with Gasteiger partial charge in [0.15, 0.2) is 0 Å². The SMILES string of the molecule is COC(=O)c1ccc(CN(CCCn2ccnc2)Cc2cc(F)cc(F)c2)cc1-c1ccccc1C. The fraction of sp³-hybridized carbons (Fsp3) is 0.241. The Balaban J connectivity index is 1.62. The van der Waals surface area contributed by atoms with E-state index in [0.717, 1.165) is 41.3 Å². The molecule has 3 aromatic carbocycles. The van der Waals surface area contributed by atoms with Crippen molar-refractivity contribution < 1.29 is 18.3 Å². The zero-order chi connectivity index (χ0) is 25.5. The number of carbonyl (C=O) groups is 1. The highest BCUT2D eigenvalue weighted by Gasteiger charge is 2.17. The minimum Gasteiger partial charge on any atom is -0.465 e. The van der Waals surface area contributed by atoms with Crippen molar-refractivity contribution >= 4 is 5.97 Å². The second kappa shape index (κ2) is 11.7. The predicted octanol–water partition coefficient (Wildman–Crippen LogP) is 6.02. The third-order valence-electron chi connectivity index (χ3n) is 6.11. The number of carbonyl (C=O) groups excluding carboxylic acids is 1. The van der Waals surface area contributed by atoms with Crippen LogP contribution in [0.5, 0.6) is 0 Å². The number of aryl methyl sites for hydroxylation is 2. The van der Waals surface area contributed by atoms with Gasteiger partial charge in [0.2, 0.25) is 0 Å². The van der Waals surface area contributed by atoms with Crippen molar-refractivity contribution in [2.75, 3.05) is 13.7 Å². The van der Waals surface area contributed by atoms with Gasteiger partial charge in [0, 0.05) is 44.6 Å². The molecule has 0 spiro atoms. The Bertz CT molecular complexity index is 1300. The highest BCUT2D eigenvalue weighted by atomic mass is 19.1. The van der Waals surface area contributed by atoms with Gasteiger partial charge in [-0.05, 0) is 65.4 Å². The Hall–Kier alpha value is -3.84. The van der Waals surface area contributed by atoms with Crippen LogP contribution in [-0.4, -0.2) is 34.1 Å². The lowest BCUT2D eigenvalue weighted by Gasteiger charge is -2.24. The normalized spacial score (nSPS) is 11.1. The molecular weight excluding hydrogens is 460 g/mol. The number of aromatic nitrogens is 2. The molecular formula is C29H29F2N3O2. The van der Waals surface area contributed by atoms with Crippen LogP contribution in [0.25, 0.3) is 11.1 Å². The number of nitrogens with zero attached hydrogens (tertiary/aromatic N) is 3. The van der Waals surface area contributed by atoms with Crippen molar-refractivity contribution in [3.63, 3.8) is 0 Å². The molecule has 0 N–H and O–H groups in total. The van der Waals surface area contributed by atoms with Gasteiger partial charge < -0.3 is 9.30 Å². The first-order valence-corrected chi connectivity index (χ1v) is 11.8. The summed E-state index contributed by atoms with van der Waals surface area (Å²) in [6, 6.07) is 17.2. The summed E-state index contributed by atoms with van der Waals surface area (Å²) in [6.45, 7) is 4.42. The lowest BCUT2D eigenvalue weighted by atomic mass is 9.94. The molecule has 0 fully saturated rings. The molecule has 0 saturated heterocycles. The highest BCUT2D eigenvalue weighted by Crippen LogP contribution is 2.29. The molecule has 36 heavy (non-hydrogen) atoms. The molecule has 4 aromatic rings. The number of methoxy groups -OCH3 is 1. The fourth-order valence-corrected chi connectivity index (χ4v) is 4.40. The van der Waals surface area contributed by atoms with Gasteiger partial charge in [0.25, 0.3) is 0 Å². The summed E-state index contributed by atoms with van der Waals surface area (Å²) in [5.41, 5.74) is 4.86. The van der Waals surface area contributed by atoms with Gasteiger partial charge >= 0.3 is 5.97 Å². The molecule has 0 unspecified atom stereocenters. The topological polar surface area (TPSA) is 47.4 Å². The minimum absolute atomic E-state index is 0.386. The number of rotatable bonds is 10. The molecule has 0 aliphatic heterocycles. The Kier molecular flexibility index (Phi) is 8.23. The minimum atomic E-state index is -0.590. The average Bonchev–Trinajstić information content (AvgIpc) is 3.37. The zero-order valence-corrected chi connectivity index (χ0v) is 20.5. The first-order chi connectivity index (χ1) is 17.4. The quantitative estimate of drug-likeness (QED) is 0.256. The van der Waals surface area contributed by atoms with Crippen LogP contribution in [-0.2, 0) is 24.4 Å². The summed E-state index contributed by atoms with van der Waals surface area (Å²) in [5.74, 6) is -1.58. The number of benzene rings is 3. The molecule has 0 aliphatic carbocycles. The van der Waals surface area contributed by atoms with Gasteiger partial charge in [0.1, 0.15) is 11.6 Å². The van der Waals surface area contributed by atoms with Gasteiger partial charge in [-0.1, -0.05) is 30.3 Å². The van der Waals surface area contributed by atoms with Gasteiger partial charge in [-0.2, -0.15) is 0 Å². The lowest BCUT2D eigenvalue weighted by molar-refractivity contribution is 0.0601. The van der Waals surface area contributed by atoms with Crippen molar-refractivity contribution in [1.29, 1.82) is 0 Å². The van der Waals surface area contributed by atoms with E-state index in [1.165, 1.54) is 19.2 Å². The van der Waals surface area contributed by atoms with E-state index in [-0.39, 0.29) is 0 Å². The Morgan fingerprint density at radius 1 is 0.972 bits per heavy atom. The molecule has 186 valence electrons. The number of esters is 1. The van der Waals surface area contributed by atoms with Gasteiger partial charge in [-0.3, -0.25) is 4.90 Å². The van der Waals surface area contributed by atoms with E-state index in [4.69, 9.17) is 4.74 Å². The number of imidazole rings is 1. The maximum absolute atomic E-state index is 13.9. The Morgan fingerprint density at radius 3 is 2.42 bits per heavy atom. The summed E-state index contributed by atoms with van der Waals surface area (Å²) in [5, 5.41) is 0. The molecule has 0 amide bonds. The Labute approximate surface area is 210 Å². The van der Waals surface area contributed by atoms with Crippen LogP contribution in [0.15, 0.2) is 79.4 Å². The molecule has 4 rings (SSSR count). The van der Waals surface area contributed by atoms with Gasteiger partial charge in [0.05, 0.1) is 19.0 Å². The average molecular weight is 490 g/mol. The highest BCUT2D eigenvalue weighted by molar-refractivity contribution is 5.97. The van der Waals surface area contributed by atoms with Crippen LogP contribution in [0, 0.1) is 18.6 Å². The van der Waals surface area contributed by atoms with E-state index >= 15 is 0 Å². The van der Waals surface area contributed by atoms with E-state index < -0.39 is 17.6 Å². The monoisotopic (exact) mass is 489 g/mol. The van der Waals surface area contributed by atoms with Crippen LogP contribution < -0.4 is 0 Å². The van der Waals surface area contributed by atoms with E-state index in [2.05, 4.69) is 9.88 Å². The molecule has 1 aromatic heterocycles. The first kappa shape index (κ1) is 25.3. The number of halogens is 2. The molecule has 0 bridgehead atoms. The third kappa shape index (κ3) is 6.43. The van der Waals surface area contributed by atoms with Crippen LogP contribution >= 0.6 is 0 Å². The standard InChI is InChI=1S/C29H29F2N3O2/c1-21-6-3-4-7-26(21)28-16-22(8-9-27(28)29(35)36-2)18-34(12-5-11-33-13-10-32-20-33)19-23-14-24(30)17-25(31)15-23/h3-4,6-10,13-17,20H,5,11-12,18-19H2,1-2H3. The van der Waals surface area contributed by atoms with Crippen LogP contribution in [0.3, 0.4) is 0 Å². The van der Waals surface area contributed by atoms with Gasteiger partial charge in [-0.25, -0.2) is 18.6 Å². The molecule has 1 heterocycles. The summed E-state index contributed by atoms with van der Waals surface area (Å²) < 4.78 is 34.7. The Morgan fingerprint density at radius 2 is 1.72 bits per heavy atom. The van der Waals surface area contributed by atoms with Crippen molar-refractivity contribution in [3.8, 4) is 11.1 Å². The van der Waals surface area contributed by atoms with Crippen molar-refractivity contribution in [2.45, 2.75) is 33.0 Å². The third-order valence-corrected chi connectivity index (χ3v) is 6.11. The zero-order valence-electron chi connectivity index (χ0n) is 20.5. The number of hydrogen-bond acceptors (Lipinski definition) is 4. The summed E-state index contributed by atoms with van der Waals surface area (Å²) >= 11 is 0. The van der Waals surface area contributed by atoms with E-state index in [1.54, 1.807) is 18.6 Å². The lowest BCUT2D eigenvalue weighted by Crippen LogP contribution is -2.25. The molecule has 0 radical (unpaired) electrons. The second-order valence-corrected chi connectivity index (χ2v) is 8.83. The van der Waals surface area contributed by atoms with Crippen molar-refractivity contribution in [3.05, 3.63) is 113 Å². The first-order valence-electron chi connectivity index (χ1n) is 11.8.